The van der Waals surface area contributed by atoms with E-state index in [9.17, 15) is 9.59 Å². The predicted octanol–water partition coefficient (Wildman–Crippen LogP) is 2.50. The Labute approximate surface area is 144 Å². The Bertz CT molecular complexity index is 996. The summed E-state index contributed by atoms with van der Waals surface area (Å²) in [7, 11) is 0. The fraction of sp³-hybridized carbons (Fsp3) is 0.316. The number of aromatic nitrogens is 2. The van der Waals surface area contributed by atoms with E-state index in [1.807, 2.05) is 35.2 Å². The first-order valence-corrected chi connectivity index (χ1v) is 8.65. The van der Waals surface area contributed by atoms with Crippen LogP contribution in [0.15, 0.2) is 41.3 Å². The SMILES string of the molecule is O=C1CCCN1CCCNc1ccc2c(=O)[nH]c3ncccc3c2c1. The average molecular weight is 336 g/mol. The van der Waals surface area contributed by atoms with Crippen molar-refractivity contribution in [3.63, 3.8) is 0 Å². The highest BCUT2D eigenvalue weighted by atomic mass is 16.2. The second kappa shape index (κ2) is 6.55. The topological polar surface area (TPSA) is 78.1 Å². The molecule has 6 nitrogen and oxygen atoms in total. The summed E-state index contributed by atoms with van der Waals surface area (Å²) in [5.74, 6) is 0.268. The summed E-state index contributed by atoms with van der Waals surface area (Å²) in [5, 5.41) is 5.88. The molecule has 0 radical (unpaired) electrons. The van der Waals surface area contributed by atoms with Gasteiger partial charge in [0.1, 0.15) is 5.65 Å². The minimum Gasteiger partial charge on any atom is -0.385 e. The highest BCUT2D eigenvalue weighted by Crippen LogP contribution is 2.23. The lowest BCUT2D eigenvalue weighted by atomic mass is 10.1. The number of nitrogens with one attached hydrogen (secondary N) is 2. The molecule has 1 amide bonds. The van der Waals surface area contributed by atoms with Crippen LogP contribution in [0.25, 0.3) is 21.8 Å². The van der Waals surface area contributed by atoms with Crippen molar-refractivity contribution in [2.24, 2.45) is 0 Å². The van der Waals surface area contributed by atoms with Crippen LogP contribution in [0.1, 0.15) is 19.3 Å². The normalized spacial score (nSPS) is 14.6. The maximum atomic E-state index is 12.2. The number of carbonyl (C=O) groups is 1. The van der Waals surface area contributed by atoms with Crippen LogP contribution >= 0.6 is 0 Å². The summed E-state index contributed by atoms with van der Waals surface area (Å²) in [6, 6.07) is 9.58. The van der Waals surface area contributed by atoms with E-state index in [1.165, 1.54) is 0 Å². The predicted molar refractivity (Wildman–Crippen MR) is 98.8 cm³/mol. The van der Waals surface area contributed by atoms with Gasteiger partial charge in [-0.15, -0.1) is 0 Å². The number of pyridine rings is 2. The molecule has 3 heterocycles. The highest BCUT2D eigenvalue weighted by molar-refractivity contribution is 6.05. The molecule has 0 bridgehead atoms. The van der Waals surface area contributed by atoms with E-state index in [0.717, 1.165) is 48.9 Å². The van der Waals surface area contributed by atoms with Gasteiger partial charge in [-0.3, -0.25) is 9.59 Å². The largest absolute Gasteiger partial charge is 0.385 e. The van der Waals surface area contributed by atoms with Crippen molar-refractivity contribution in [2.45, 2.75) is 19.3 Å². The Morgan fingerprint density at radius 1 is 1.16 bits per heavy atom. The summed E-state index contributed by atoms with van der Waals surface area (Å²) in [6.07, 6.45) is 4.24. The van der Waals surface area contributed by atoms with Gasteiger partial charge in [0.05, 0.1) is 0 Å². The summed E-state index contributed by atoms with van der Waals surface area (Å²) >= 11 is 0. The van der Waals surface area contributed by atoms with Gasteiger partial charge in [0, 0.05) is 54.1 Å². The fourth-order valence-electron chi connectivity index (χ4n) is 3.42. The van der Waals surface area contributed by atoms with Gasteiger partial charge in [-0.1, -0.05) is 0 Å². The molecule has 4 rings (SSSR count). The maximum absolute atomic E-state index is 12.2. The van der Waals surface area contributed by atoms with E-state index < -0.39 is 0 Å². The van der Waals surface area contributed by atoms with Gasteiger partial charge in [0.2, 0.25) is 5.91 Å². The molecule has 0 aliphatic carbocycles. The lowest BCUT2D eigenvalue weighted by Gasteiger charge is -2.15. The van der Waals surface area contributed by atoms with Crippen LogP contribution in [0, 0.1) is 0 Å². The average Bonchev–Trinajstić information content (AvgIpc) is 3.04. The van der Waals surface area contributed by atoms with Gasteiger partial charge >= 0.3 is 0 Å². The van der Waals surface area contributed by atoms with Gasteiger partial charge < -0.3 is 15.2 Å². The second-order valence-corrected chi connectivity index (χ2v) is 6.38. The highest BCUT2D eigenvalue weighted by Gasteiger charge is 2.18. The van der Waals surface area contributed by atoms with Crippen molar-refractivity contribution >= 4 is 33.4 Å². The first-order chi connectivity index (χ1) is 12.2. The Morgan fingerprint density at radius 2 is 2.08 bits per heavy atom. The smallest absolute Gasteiger partial charge is 0.257 e. The molecule has 1 aromatic carbocycles. The maximum Gasteiger partial charge on any atom is 0.257 e. The molecular weight excluding hydrogens is 316 g/mol. The third-order valence-corrected chi connectivity index (χ3v) is 4.70. The molecule has 2 N–H and O–H groups in total. The number of fused-ring (bicyclic) bond motifs is 3. The van der Waals surface area contributed by atoms with Crippen molar-refractivity contribution in [2.75, 3.05) is 25.0 Å². The van der Waals surface area contributed by atoms with Crippen molar-refractivity contribution in [3.05, 3.63) is 46.9 Å². The molecule has 6 heteroatoms. The Kier molecular flexibility index (Phi) is 4.09. The fourth-order valence-corrected chi connectivity index (χ4v) is 3.42. The molecule has 0 atom stereocenters. The quantitative estimate of drug-likeness (QED) is 0.554. The molecule has 0 spiro atoms. The van der Waals surface area contributed by atoms with E-state index in [4.69, 9.17) is 0 Å². The Morgan fingerprint density at radius 3 is 2.92 bits per heavy atom. The summed E-state index contributed by atoms with van der Waals surface area (Å²) in [4.78, 5) is 32.8. The molecule has 0 unspecified atom stereocenters. The summed E-state index contributed by atoms with van der Waals surface area (Å²) < 4.78 is 0. The lowest BCUT2D eigenvalue weighted by Crippen LogP contribution is -2.26. The van der Waals surface area contributed by atoms with Crippen molar-refractivity contribution < 1.29 is 4.79 Å². The standard InChI is InChI=1S/C19H20N4O2/c24-17-5-2-10-23(17)11-3-9-20-13-6-7-15-16(12-13)14-4-1-8-21-18(14)22-19(15)25/h1,4,6-8,12,20H,2-3,5,9-11H2,(H,21,22,25). The number of nitrogens with zero attached hydrogens (tertiary/aromatic N) is 2. The molecule has 25 heavy (non-hydrogen) atoms. The van der Waals surface area contributed by atoms with E-state index in [0.29, 0.717) is 17.5 Å². The second-order valence-electron chi connectivity index (χ2n) is 6.38. The Hall–Kier alpha value is -2.89. The van der Waals surface area contributed by atoms with Gasteiger partial charge in [-0.2, -0.15) is 0 Å². The number of likely N-dealkylation sites (tertiary alicyclic amines) is 1. The van der Waals surface area contributed by atoms with E-state index >= 15 is 0 Å². The van der Waals surface area contributed by atoms with Gasteiger partial charge in [-0.05, 0) is 43.2 Å². The third-order valence-electron chi connectivity index (χ3n) is 4.70. The summed E-state index contributed by atoms with van der Waals surface area (Å²) in [5.41, 5.74) is 1.45. The molecule has 1 fully saturated rings. The number of hydrogen-bond donors (Lipinski definition) is 2. The number of hydrogen-bond acceptors (Lipinski definition) is 4. The molecule has 0 saturated carbocycles. The molecule has 1 aliphatic heterocycles. The molecule has 1 aliphatic rings. The number of H-pyrrole nitrogens is 1. The first kappa shape index (κ1) is 15.6. The van der Waals surface area contributed by atoms with Crippen LogP contribution in [0.5, 0.6) is 0 Å². The van der Waals surface area contributed by atoms with Crippen LogP contribution in [0.4, 0.5) is 5.69 Å². The van der Waals surface area contributed by atoms with Crippen LogP contribution < -0.4 is 10.9 Å². The number of carbonyl (C=O) groups excluding carboxylic acids is 1. The monoisotopic (exact) mass is 336 g/mol. The Balaban J connectivity index is 1.51. The van der Waals surface area contributed by atoms with E-state index in [-0.39, 0.29) is 11.5 Å². The molecule has 2 aromatic heterocycles. The van der Waals surface area contributed by atoms with Crippen molar-refractivity contribution in [3.8, 4) is 0 Å². The molecule has 3 aromatic rings. The number of benzene rings is 1. The number of rotatable bonds is 5. The van der Waals surface area contributed by atoms with Crippen LogP contribution in [0.2, 0.25) is 0 Å². The number of amides is 1. The van der Waals surface area contributed by atoms with Gasteiger partial charge in [-0.25, -0.2) is 4.98 Å². The number of anilines is 1. The van der Waals surface area contributed by atoms with Crippen LogP contribution in [0.3, 0.4) is 0 Å². The third kappa shape index (κ3) is 3.07. The van der Waals surface area contributed by atoms with Crippen molar-refractivity contribution in [1.82, 2.24) is 14.9 Å². The molecule has 1 saturated heterocycles. The first-order valence-electron chi connectivity index (χ1n) is 8.65. The van der Waals surface area contributed by atoms with Gasteiger partial charge in [0.15, 0.2) is 0 Å². The molecular formula is C19H20N4O2. The minimum absolute atomic E-state index is 0.125. The van der Waals surface area contributed by atoms with Crippen molar-refractivity contribution in [1.29, 1.82) is 0 Å². The van der Waals surface area contributed by atoms with Crippen LogP contribution in [-0.2, 0) is 4.79 Å². The zero-order chi connectivity index (χ0) is 17.2. The van der Waals surface area contributed by atoms with Gasteiger partial charge in [0.25, 0.3) is 5.56 Å². The zero-order valence-electron chi connectivity index (χ0n) is 13.9. The zero-order valence-corrected chi connectivity index (χ0v) is 13.9. The van der Waals surface area contributed by atoms with E-state index in [1.54, 1.807) is 6.20 Å². The summed E-state index contributed by atoms with van der Waals surface area (Å²) in [6.45, 7) is 2.47. The van der Waals surface area contributed by atoms with E-state index in [2.05, 4.69) is 15.3 Å². The lowest BCUT2D eigenvalue weighted by molar-refractivity contribution is -0.127. The minimum atomic E-state index is -0.125. The van der Waals surface area contributed by atoms with Crippen LogP contribution in [-0.4, -0.2) is 40.4 Å². The number of aromatic amines is 1. The molecule has 128 valence electrons.